The molecule has 0 spiro atoms. The van der Waals surface area contributed by atoms with Crippen molar-refractivity contribution in [2.24, 2.45) is 0 Å². The monoisotopic (exact) mass is 367 g/mol. The molecule has 0 fully saturated rings. The molecule has 134 valence electrons. The van der Waals surface area contributed by atoms with Crippen LogP contribution in [-0.4, -0.2) is 22.5 Å². The molecule has 3 aromatic rings. The quantitative estimate of drug-likeness (QED) is 0.602. The van der Waals surface area contributed by atoms with E-state index in [9.17, 15) is 4.79 Å². The zero-order valence-electron chi connectivity index (χ0n) is 15.0. The summed E-state index contributed by atoms with van der Waals surface area (Å²) in [7, 11) is 0. The van der Waals surface area contributed by atoms with Crippen molar-refractivity contribution in [2.45, 2.75) is 32.7 Å². The van der Waals surface area contributed by atoms with E-state index >= 15 is 0 Å². The first-order chi connectivity index (χ1) is 12.6. The number of hydrogen-bond acceptors (Lipinski definition) is 1. The van der Waals surface area contributed by atoms with Gasteiger partial charge in [-0.05, 0) is 49.1 Å². The highest BCUT2D eigenvalue weighted by atomic mass is 35.5. The molecular formula is C21H22ClN3O. The maximum atomic E-state index is 13.0. The maximum absolute atomic E-state index is 13.0. The number of aromatic amines is 1. The number of anilines is 1. The number of nitrogens with one attached hydrogen (secondary N) is 2. The number of urea groups is 1. The second-order valence-electron chi connectivity index (χ2n) is 6.77. The van der Waals surface area contributed by atoms with Gasteiger partial charge in [-0.2, -0.15) is 0 Å². The summed E-state index contributed by atoms with van der Waals surface area (Å²) in [6.45, 7) is 4.75. The minimum atomic E-state index is -0.0773. The third-order valence-corrected chi connectivity index (χ3v) is 5.73. The van der Waals surface area contributed by atoms with Crippen molar-refractivity contribution in [3.63, 3.8) is 0 Å². The van der Waals surface area contributed by atoms with Crippen LogP contribution in [0.25, 0.3) is 10.9 Å². The van der Waals surface area contributed by atoms with E-state index in [1.807, 2.05) is 36.1 Å². The smallest absolute Gasteiger partial charge is 0.322 e. The van der Waals surface area contributed by atoms with Gasteiger partial charge in [0.05, 0.1) is 6.04 Å². The number of benzene rings is 2. The Labute approximate surface area is 158 Å². The van der Waals surface area contributed by atoms with Gasteiger partial charge in [-0.15, -0.1) is 0 Å². The number of nitrogens with zero attached hydrogens (tertiary/aromatic N) is 1. The summed E-state index contributed by atoms with van der Waals surface area (Å²) in [5.74, 6) is 0. The van der Waals surface area contributed by atoms with Gasteiger partial charge in [-0.25, -0.2) is 4.79 Å². The molecule has 0 radical (unpaired) electrons. The van der Waals surface area contributed by atoms with Crippen molar-refractivity contribution in [2.75, 3.05) is 11.9 Å². The van der Waals surface area contributed by atoms with E-state index in [1.54, 1.807) is 0 Å². The van der Waals surface area contributed by atoms with Gasteiger partial charge in [0.2, 0.25) is 0 Å². The summed E-state index contributed by atoms with van der Waals surface area (Å²) in [4.78, 5) is 18.5. The van der Waals surface area contributed by atoms with Gasteiger partial charge in [-0.3, -0.25) is 0 Å². The lowest BCUT2D eigenvalue weighted by Gasteiger charge is -2.35. The van der Waals surface area contributed by atoms with Crippen LogP contribution < -0.4 is 5.32 Å². The van der Waals surface area contributed by atoms with Crippen LogP contribution in [0.15, 0.2) is 42.5 Å². The van der Waals surface area contributed by atoms with E-state index in [2.05, 4.69) is 35.4 Å². The number of fused-ring (bicyclic) bond motifs is 3. The molecule has 2 aromatic carbocycles. The molecule has 1 atom stereocenters. The second kappa shape index (κ2) is 6.69. The third-order valence-electron chi connectivity index (χ3n) is 5.32. The molecule has 0 saturated heterocycles. The Hall–Kier alpha value is -2.46. The van der Waals surface area contributed by atoms with E-state index in [-0.39, 0.29) is 12.1 Å². The number of para-hydroxylation sites is 1. The summed E-state index contributed by atoms with van der Waals surface area (Å²) in [5.41, 5.74) is 5.30. The first kappa shape index (κ1) is 17.0. The van der Waals surface area contributed by atoms with Crippen molar-refractivity contribution in [3.8, 4) is 0 Å². The van der Waals surface area contributed by atoms with Crippen LogP contribution in [0.2, 0.25) is 5.02 Å². The maximum Gasteiger partial charge on any atom is 0.322 e. The van der Waals surface area contributed by atoms with Gasteiger partial charge in [0.25, 0.3) is 0 Å². The lowest BCUT2D eigenvalue weighted by Crippen LogP contribution is -2.42. The lowest BCUT2D eigenvalue weighted by molar-refractivity contribution is 0.179. The molecule has 4 nitrogen and oxygen atoms in total. The third kappa shape index (κ3) is 2.74. The van der Waals surface area contributed by atoms with Gasteiger partial charge in [0.1, 0.15) is 0 Å². The Morgan fingerprint density at radius 1 is 1.27 bits per heavy atom. The fourth-order valence-electron chi connectivity index (χ4n) is 3.92. The number of rotatable bonds is 2. The molecule has 0 bridgehead atoms. The molecule has 2 amide bonds. The normalized spacial score (nSPS) is 16.6. The summed E-state index contributed by atoms with van der Waals surface area (Å²) >= 11 is 6.18. The molecule has 1 aliphatic rings. The van der Waals surface area contributed by atoms with Gasteiger partial charge < -0.3 is 15.2 Å². The Bertz CT molecular complexity index is 979. The Morgan fingerprint density at radius 3 is 2.88 bits per heavy atom. The van der Waals surface area contributed by atoms with Crippen molar-refractivity contribution in [1.82, 2.24) is 9.88 Å². The Kier molecular flexibility index (Phi) is 4.37. The summed E-state index contributed by atoms with van der Waals surface area (Å²) in [6, 6.07) is 13.9. The van der Waals surface area contributed by atoms with Crippen LogP contribution in [0.1, 0.15) is 36.2 Å². The number of aromatic nitrogens is 1. The van der Waals surface area contributed by atoms with Crippen molar-refractivity contribution >= 4 is 34.2 Å². The second-order valence-corrected chi connectivity index (χ2v) is 7.18. The fraction of sp³-hybridized carbons (Fsp3) is 0.286. The van der Waals surface area contributed by atoms with Gasteiger partial charge >= 0.3 is 6.03 Å². The van der Waals surface area contributed by atoms with Crippen LogP contribution in [0, 0.1) is 6.92 Å². The fourth-order valence-corrected chi connectivity index (χ4v) is 4.09. The van der Waals surface area contributed by atoms with Gasteiger partial charge in [0, 0.05) is 33.9 Å². The number of carbonyl (C=O) groups is 1. The largest absolute Gasteiger partial charge is 0.356 e. The average molecular weight is 368 g/mol. The van der Waals surface area contributed by atoms with Crippen molar-refractivity contribution in [3.05, 3.63) is 64.3 Å². The predicted octanol–water partition coefficient (Wildman–Crippen LogP) is 5.67. The Balaban J connectivity index is 1.65. The Morgan fingerprint density at radius 2 is 2.08 bits per heavy atom. The van der Waals surface area contributed by atoms with Crippen LogP contribution in [0.4, 0.5) is 10.5 Å². The topological polar surface area (TPSA) is 48.1 Å². The van der Waals surface area contributed by atoms with Crippen molar-refractivity contribution in [1.29, 1.82) is 0 Å². The minimum absolute atomic E-state index is 0.0469. The molecule has 5 heteroatoms. The van der Waals surface area contributed by atoms with Crippen LogP contribution in [0.5, 0.6) is 0 Å². The highest BCUT2D eigenvalue weighted by molar-refractivity contribution is 6.31. The number of hydrogen-bond donors (Lipinski definition) is 2. The standard InChI is InChI=1S/C21H22ClN3O/c1-3-19-20-15(14-7-4-5-9-18(14)23-20)11-12-25(19)21(26)24-17-10-6-8-16(22)13(17)2/h4-10,19,23H,3,11-12H2,1-2H3,(H,24,26). The number of amides is 2. The van der Waals surface area contributed by atoms with E-state index in [0.29, 0.717) is 11.6 Å². The SMILES string of the molecule is CCC1c2[nH]c3ccccc3c2CCN1C(=O)Nc1cccc(Cl)c1C. The summed E-state index contributed by atoms with van der Waals surface area (Å²) in [6.07, 6.45) is 1.72. The van der Waals surface area contributed by atoms with E-state index in [1.165, 1.54) is 10.9 Å². The first-order valence-electron chi connectivity index (χ1n) is 9.02. The van der Waals surface area contributed by atoms with Crippen LogP contribution >= 0.6 is 11.6 Å². The van der Waals surface area contributed by atoms with Crippen LogP contribution in [-0.2, 0) is 6.42 Å². The average Bonchev–Trinajstić information content (AvgIpc) is 3.03. The molecule has 1 unspecified atom stereocenters. The highest BCUT2D eigenvalue weighted by Gasteiger charge is 2.32. The molecule has 1 aromatic heterocycles. The number of halogens is 1. The number of H-pyrrole nitrogens is 1. The van der Waals surface area contributed by atoms with E-state index < -0.39 is 0 Å². The zero-order chi connectivity index (χ0) is 18.3. The molecule has 1 aliphatic heterocycles. The predicted molar refractivity (Wildman–Crippen MR) is 107 cm³/mol. The molecule has 2 heterocycles. The highest BCUT2D eigenvalue weighted by Crippen LogP contribution is 2.36. The number of carbonyl (C=O) groups excluding carboxylic acids is 1. The zero-order valence-corrected chi connectivity index (χ0v) is 15.7. The molecular weight excluding hydrogens is 346 g/mol. The first-order valence-corrected chi connectivity index (χ1v) is 9.40. The van der Waals surface area contributed by atoms with Gasteiger partial charge in [-0.1, -0.05) is 42.8 Å². The van der Waals surface area contributed by atoms with Crippen LogP contribution in [0.3, 0.4) is 0 Å². The van der Waals surface area contributed by atoms with Gasteiger partial charge in [0.15, 0.2) is 0 Å². The van der Waals surface area contributed by atoms with E-state index in [0.717, 1.165) is 35.3 Å². The molecule has 26 heavy (non-hydrogen) atoms. The summed E-state index contributed by atoms with van der Waals surface area (Å²) < 4.78 is 0. The molecule has 2 N–H and O–H groups in total. The minimum Gasteiger partial charge on any atom is -0.356 e. The molecule has 0 aliphatic carbocycles. The molecule has 4 rings (SSSR count). The van der Waals surface area contributed by atoms with E-state index in [4.69, 9.17) is 11.6 Å². The molecule has 0 saturated carbocycles. The van der Waals surface area contributed by atoms with Crippen molar-refractivity contribution < 1.29 is 4.79 Å². The lowest BCUT2D eigenvalue weighted by atomic mass is 9.96. The summed E-state index contributed by atoms with van der Waals surface area (Å²) in [5, 5.41) is 4.97.